The zero-order chi connectivity index (χ0) is 12.8. The lowest BCUT2D eigenvalue weighted by Gasteiger charge is -2.14. The van der Waals surface area contributed by atoms with Crippen molar-refractivity contribution in [3.63, 3.8) is 0 Å². The SMILES string of the molecule is CN(C)C(=O)c1ccccc1NC(=O)CCN.Cl. The molecule has 6 heteroatoms. The van der Waals surface area contributed by atoms with E-state index in [-0.39, 0.29) is 37.2 Å². The molecule has 0 unspecified atom stereocenters. The van der Waals surface area contributed by atoms with Crippen LogP contribution in [0.1, 0.15) is 16.8 Å². The number of hydrogen-bond acceptors (Lipinski definition) is 3. The van der Waals surface area contributed by atoms with Crippen LogP contribution < -0.4 is 11.1 Å². The molecule has 2 amide bonds. The van der Waals surface area contributed by atoms with Gasteiger partial charge in [-0.25, -0.2) is 0 Å². The maximum Gasteiger partial charge on any atom is 0.255 e. The highest BCUT2D eigenvalue weighted by Gasteiger charge is 2.13. The number of nitrogens with zero attached hydrogens (tertiary/aromatic N) is 1. The summed E-state index contributed by atoms with van der Waals surface area (Å²) in [6.07, 6.45) is 0.241. The Morgan fingerprint density at radius 2 is 1.89 bits per heavy atom. The van der Waals surface area contributed by atoms with Gasteiger partial charge in [0.1, 0.15) is 0 Å². The average molecular weight is 272 g/mol. The van der Waals surface area contributed by atoms with Gasteiger partial charge in [0, 0.05) is 27.1 Å². The second-order valence-corrected chi connectivity index (χ2v) is 3.83. The van der Waals surface area contributed by atoms with E-state index in [1.54, 1.807) is 38.4 Å². The monoisotopic (exact) mass is 271 g/mol. The Morgan fingerprint density at radius 1 is 1.28 bits per heavy atom. The lowest BCUT2D eigenvalue weighted by atomic mass is 10.1. The molecule has 0 aliphatic rings. The Labute approximate surface area is 113 Å². The van der Waals surface area contributed by atoms with Crippen LogP contribution in [0.25, 0.3) is 0 Å². The minimum Gasteiger partial charge on any atom is -0.345 e. The number of nitrogens with one attached hydrogen (secondary N) is 1. The Balaban J connectivity index is 0.00000289. The summed E-state index contributed by atoms with van der Waals surface area (Å²) in [6, 6.07) is 6.91. The first kappa shape index (κ1) is 16.4. The molecule has 0 radical (unpaired) electrons. The predicted molar refractivity (Wildman–Crippen MR) is 74.0 cm³/mol. The number of nitrogens with two attached hydrogens (primary N) is 1. The van der Waals surface area contributed by atoms with Crippen LogP contribution in [0.2, 0.25) is 0 Å². The molecule has 100 valence electrons. The highest BCUT2D eigenvalue weighted by atomic mass is 35.5. The zero-order valence-electron chi connectivity index (χ0n) is 10.5. The molecule has 18 heavy (non-hydrogen) atoms. The zero-order valence-corrected chi connectivity index (χ0v) is 11.3. The van der Waals surface area contributed by atoms with Gasteiger partial charge in [0.2, 0.25) is 5.91 Å². The highest BCUT2D eigenvalue weighted by molar-refractivity contribution is 6.03. The average Bonchev–Trinajstić information content (AvgIpc) is 2.29. The number of hydrogen-bond donors (Lipinski definition) is 2. The van der Waals surface area contributed by atoms with Crippen molar-refractivity contribution >= 4 is 29.9 Å². The van der Waals surface area contributed by atoms with E-state index >= 15 is 0 Å². The summed E-state index contributed by atoms with van der Waals surface area (Å²) in [5, 5.41) is 2.68. The van der Waals surface area contributed by atoms with Crippen LogP contribution in [0.4, 0.5) is 5.69 Å². The van der Waals surface area contributed by atoms with Gasteiger partial charge in [-0.2, -0.15) is 0 Å². The van der Waals surface area contributed by atoms with E-state index in [2.05, 4.69) is 5.32 Å². The number of carbonyl (C=O) groups excluding carboxylic acids is 2. The minimum absolute atomic E-state index is 0. The van der Waals surface area contributed by atoms with Crippen LogP contribution >= 0.6 is 12.4 Å². The van der Waals surface area contributed by atoms with Crippen molar-refractivity contribution in [2.24, 2.45) is 5.73 Å². The molecule has 0 fully saturated rings. The Kier molecular flexibility index (Phi) is 7.00. The fourth-order valence-corrected chi connectivity index (χ4v) is 1.36. The Hall–Kier alpha value is -1.59. The first-order valence-corrected chi connectivity index (χ1v) is 5.37. The van der Waals surface area contributed by atoms with Gasteiger partial charge >= 0.3 is 0 Å². The third-order valence-corrected chi connectivity index (χ3v) is 2.21. The molecule has 5 nitrogen and oxygen atoms in total. The molecule has 0 atom stereocenters. The maximum absolute atomic E-state index is 11.9. The van der Waals surface area contributed by atoms with Crippen molar-refractivity contribution in [1.29, 1.82) is 0 Å². The second kappa shape index (κ2) is 7.68. The molecule has 0 aromatic heterocycles. The molecule has 0 heterocycles. The van der Waals surface area contributed by atoms with Crippen molar-refractivity contribution in [3.8, 4) is 0 Å². The molecule has 0 aliphatic carbocycles. The number of halogens is 1. The number of anilines is 1. The summed E-state index contributed by atoms with van der Waals surface area (Å²) in [4.78, 5) is 24.8. The lowest BCUT2D eigenvalue weighted by molar-refractivity contribution is -0.116. The van der Waals surface area contributed by atoms with E-state index in [0.717, 1.165) is 0 Å². The number of carbonyl (C=O) groups is 2. The van der Waals surface area contributed by atoms with E-state index in [1.165, 1.54) is 4.90 Å². The third-order valence-electron chi connectivity index (χ3n) is 2.21. The molecule has 1 rings (SSSR count). The quantitative estimate of drug-likeness (QED) is 0.861. The molecular formula is C12H18ClN3O2. The third kappa shape index (κ3) is 4.35. The molecule has 0 saturated heterocycles. The van der Waals surface area contributed by atoms with E-state index in [1.807, 2.05) is 0 Å². The van der Waals surface area contributed by atoms with Gasteiger partial charge in [-0.15, -0.1) is 12.4 Å². The maximum atomic E-state index is 11.9. The van der Waals surface area contributed by atoms with Gasteiger partial charge in [-0.3, -0.25) is 9.59 Å². The van der Waals surface area contributed by atoms with Crippen molar-refractivity contribution in [3.05, 3.63) is 29.8 Å². The fourth-order valence-electron chi connectivity index (χ4n) is 1.36. The first-order valence-electron chi connectivity index (χ1n) is 5.37. The Bertz CT molecular complexity index is 422. The minimum atomic E-state index is -0.188. The van der Waals surface area contributed by atoms with Crippen molar-refractivity contribution in [2.75, 3.05) is 26.0 Å². The summed E-state index contributed by atoms with van der Waals surface area (Å²) in [6.45, 7) is 0.287. The van der Waals surface area contributed by atoms with Crippen LogP contribution in [0, 0.1) is 0 Å². The molecule has 0 aliphatic heterocycles. The molecule has 3 N–H and O–H groups in total. The van der Waals surface area contributed by atoms with E-state index in [0.29, 0.717) is 11.3 Å². The summed E-state index contributed by atoms with van der Waals surface area (Å²) >= 11 is 0. The van der Waals surface area contributed by atoms with Crippen molar-refractivity contribution in [2.45, 2.75) is 6.42 Å². The topological polar surface area (TPSA) is 75.4 Å². The highest BCUT2D eigenvalue weighted by Crippen LogP contribution is 2.16. The smallest absolute Gasteiger partial charge is 0.255 e. The molecular weight excluding hydrogens is 254 g/mol. The lowest BCUT2D eigenvalue weighted by Crippen LogP contribution is -2.24. The van der Waals surface area contributed by atoms with Crippen LogP contribution in [-0.2, 0) is 4.79 Å². The standard InChI is InChI=1S/C12H17N3O2.ClH/c1-15(2)12(17)9-5-3-4-6-10(9)14-11(16)7-8-13;/h3-6H,7-8,13H2,1-2H3,(H,14,16);1H. The number of rotatable bonds is 4. The van der Waals surface area contributed by atoms with Gasteiger partial charge < -0.3 is 16.0 Å². The number of benzene rings is 1. The van der Waals surface area contributed by atoms with Crippen LogP contribution in [0.15, 0.2) is 24.3 Å². The fraction of sp³-hybridized carbons (Fsp3) is 0.333. The number of amides is 2. The van der Waals surface area contributed by atoms with E-state index < -0.39 is 0 Å². The van der Waals surface area contributed by atoms with Crippen LogP contribution in [-0.4, -0.2) is 37.4 Å². The Morgan fingerprint density at radius 3 is 2.44 bits per heavy atom. The van der Waals surface area contributed by atoms with Gasteiger partial charge in [-0.05, 0) is 12.1 Å². The van der Waals surface area contributed by atoms with Gasteiger partial charge in [0.05, 0.1) is 11.3 Å². The summed E-state index contributed by atoms with van der Waals surface area (Å²) < 4.78 is 0. The summed E-state index contributed by atoms with van der Waals surface area (Å²) in [5.41, 5.74) is 6.29. The van der Waals surface area contributed by atoms with Gasteiger partial charge in [0.15, 0.2) is 0 Å². The van der Waals surface area contributed by atoms with Crippen molar-refractivity contribution < 1.29 is 9.59 Å². The van der Waals surface area contributed by atoms with Crippen LogP contribution in [0.3, 0.4) is 0 Å². The number of para-hydroxylation sites is 1. The van der Waals surface area contributed by atoms with E-state index in [4.69, 9.17) is 5.73 Å². The molecule has 1 aromatic rings. The molecule has 0 spiro atoms. The molecule has 0 saturated carbocycles. The summed E-state index contributed by atoms with van der Waals surface area (Å²) in [5.74, 6) is -0.333. The summed E-state index contributed by atoms with van der Waals surface area (Å²) in [7, 11) is 3.33. The molecule has 1 aromatic carbocycles. The second-order valence-electron chi connectivity index (χ2n) is 3.83. The van der Waals surface area contributed by atoms with Gasteiger partial charge in [-0.1, -0.05) is 12.1 Å². The van der Waals surface area contributed by atoms with Crippen LogP contribution in [0.5, 0.6) is 0 Å². The van der Waals surface area contributed by atoms with E-state index in [9.17, 15) is 9.59 Å². The first-order chi connectivity index (χ1) is 8.06. The largest absolute Gasteiger partial charge is 0.345 e. The predicted octanol–water partition coefficient (Wildman–Crippen LogP) is 1.10. The van der Waals surface area contributed by atoms with Gasteiger partial charge in [0.25, 0.3) is 5.91 Å². The van der Waals surface area contributed by atoms with Crippen molar-refractivity contribution in [1.82, 2.24) is 4.90 Å². The molecule has 0 bridgehead atoms. The normalized spacial score (nSPS) is 9.28.